The maximum absolute atomic E-state index is 14.3. The fourth-order valence-corrected chi connectivity index (χ4v) is 4.27. The molecule has 3 rings (SSSR count). The minimum atomic E-state index is -0.291. The van der Waals surface area contributed by atoms with E-state index in [9.17, 15) is 4.39 Å². The highest BCUT2D eigenvalue weighted by molar-refractivity contribution is 7.10. The summed E-state index contributed by atoms with van der Waals surface area (Å²) >= 11 is 1.63. The highest BCUT2D eigenvalue weighted by Crippen LogP contribution is 2.40. The lowest BCUT2D eigenvalue weighted by Crippen LogP contribution is -2.38. The Morgan fingerprint density at radius 1 is 1.30 bits per heavy atom. The highest BCUT2D eigenvalue weighted by Gasteiger charge is 2.34. The van der Waals surface area contributed by atoms with E-state index in [2.05, 4.69) is 19.2 Å². The van der Waals surface area contributed by atoms with Crippen LogP contribution in [0.3, 0.4) is 0 Å². The van der Waals surface area contributed by atoms with Crippen molar-refractivity contribution in [2.75, 3.05) is 20.2 Å². The maximum atomic E-state index is 14.3. The van der Waals surface area contributed by atoms with Gasteiger partial charge in [-0.3, -0.25) is 0 Å². The van der Waals surface area contributed by atoms with Crippen LogP contribution >= 0.6 is 11.3 Å². The van der Waals surface area contributed by atoms with Gasteiger partial charge in [-0.05, 0) is 44.0 Å². The summed E-state index contributed by atoms with van der Waals surface area (Å²) in [5, 5.41) is 6.46. The highest BCUT2D eigenvalue weighted by atomic mass is 32.1. The van der Waals surface area contributed by atoms with Crippen molar-refractivity contribution in [2.24, 2.45) is 5.92 Å². The van der Waals surface area contributed by atoms with Crippen molar-refractivity contribution >= 4 is 11.3 Å². The first-order chi connectivity index (χ1) is 11.0. The van der Waals surface area contributed by atoms with Crippen LogP contribution in [0.4, 0.5) is 4.39 Å². The molecule has 0 atom stereocenters. The van der Waals surface area contributed by atoms with Gasteiger partial charge in [0.2, 0.25) is 0 Å². The van der Waals surface area contributed by atoms with E-state index >= 15 is 0 Å². The van der Waals surface area contributed by atoms with Gasteiger partial charge < -0.3 is 10.1 Å². The van der Waals surface area contributed by atoms with Crippen molar-refractivity contribution in [3.05, 3.63) is 34.4 Å². The van der Waals surface area contributed by atoms with Crippen LogP contribution in [0.25, 0.3) is 11.3 Å². The summed E-state index contributed by atoms with van der Waals surface area (Å²) in [7, 11) is 1.54. The summed E-state index contributed by atoms with van der Waals surface area (Å²) in [4.78, 5) is 4.76. The lowest BCUT2D eigenvalue weighted by molar-refractivity contribution is 0.246. The number of nitrogens with one attached hydrogen (secondary N) is 1. The quantitative estimate of drug-likeness (QED) is 0.908. The van der Waals surface area contributed by atoms with Crippen LogP contribution < -0.4 is 10.1 Å². The smallest absolute Gasteiger partial charge is 0.136 e. The van der Waals surface area contributed by atoms with Crippen molar-refractivity contribution in [2.45, 2.75) is 32.1 Å². The maximum Gasteiger partial charge on any atom is 0.136 e. The number of piperidine rings is 1. The average Bonchev–Trinajstić information content (AvgIpc) is 3.06. The number of methoxy groups -OCH3 is 1. The fraction of sp³-hybridized carbons (Fsp3) is 0.500. The standard InChI is InChI=1S/C18H23FN2OS/c1-18(2,12-6-8-20-9-7-12)17-21-16(11-23-17)14-5-4-13(22-3)10-15(14)19/h4-5,10-12,20H,6-9H2,1-3H3. The second-order valence-corrected chi connectivity index (χ2v) is 7.49. The zero-order valence-electron chi connectivity index (χ0n) is 13.9. The number of benzene rings is 1. The summed E-state index contributed by atoms with van der Waals surface area (Å²) in [5.41, 5.74) is 1.27. The third-order valence-corrected chi connectivity index (χ3v) is 6.05. The Labute approximate surface area is 140 Å². The van der Waals surface area contributed by atoms with Gasteiger partial charge in [-0.2, -0.15) is 0 Å². The van der Waals surface area contributed by atoms with Crippen LogP contribution in [0.15, 0.2) is 23.6 Å². The molecule has 0 bridgehead atoms. The molecule has 1 aromatic carbocycles. The molecule has 0 spiro atoms. The topological polar surface area (TPSA) is 34.1 Å². The van der Waals surface area contributed by atoms with E-state index in [-0.39, 0.29) is 11.2 Å². The molecule has 0 aliphatic carbocycles. The van der Waals surface area contributed by atoms with E-state index in [4.69, 9.17) is 9.72 Å². The van der Waals surface area contributed by atoms with Crippen molar-refractivity contribution in [1.29, 1.82) is 0 Å². The molecular weight excluding hydrogens is 311 g/mol. The van der Waals surface area contributed by atoms with Gasteiger partial charge in [0.1, 0.15) is 11.6 Å². The molecule has 5 heteroatoms. The van der Waals surface area contributed by atoms with Gasteiger partial charge in [0.25, 0.3) is 0 Å². The van der Waals surface area contributed by atoms with Gasteiger partial charge in [0.15, 0.2) is 0 Å². The number of aromatic nitrogens is 1. The number of thiazole rings is 1. The number of nitrogens with zero attached hydrogens (tertiary/aromatic N) is 1. The summed E-state index contributed by atoms with van der Waals surface area (Å²) in [5.74, 6) is 0.848. The Kier molecular flexibility index (Phi) is 4.69. The van der Waals surface area contributed by atoms with Crippen molar-refractivity contribution in [3.8, 4) is 17.0 Å². The van der Waals surface area contributed by atoms with Gasteiger partial charge in [-0.1, -0.05) is 13.8 Å². The number of hydrogen-bond donors (Lipinski definition) is 1. The predicted molar refractivity (Wildman–Crippen MR) is 92.7 cm³/mol. The third-order valence-electron chi connectivity index (χ3n) is 4.87. The summed E-state index contributed by atoms with van der Waals surface area (Å²) in [6.45, 7) is 6.66. The molecule has 1 fully saturated rings. The largest absolute Gasteiger partial charge is 0.497 e. The lowest BCUT2D eigenvalue weighted by atomic mass is 9.74. The number of hydrogen-bond acceptors (Lipinski definition) is 4. The Bertz CT molecular complexity index is 677. The van der Waals surface area contributed by atoms with Gasteiger partial charge in [-0.15, -0.1) is 11.3 Å². The zero-order valence-corrected chi connectivity index (χ0v) is 14.7. The van der Waals surface area contributed by atoms with E-state index in [0.29, 0.717) is 22.9 Å². The monoisotopic (exact) mass is 334 g/mol. The minimum absolute atomic E-state index is 0.0218. The first-order valence-corrected chi connectivity index (χ1v) is 8.91. The Balaban J connectivity index is 1.87. The molecule has 1 saturated heterocycles. The first-order valence-electron chi connectivity index (χ1n) is 8.03. The number of ether oxygens (including phenoxy) is 1. The van der Waals surface area contributed by atoms with Crippen LogP contribution in [0.1, 0.15) is 31.7 Å². The molecule has 2 aromatic rings. The zero-order chi connectivity index (χ0) is 16.4. The molecule has 1 aliphatic rings. The van der Waals surface area contributed by atoms with Crippen LogP contribution in [-0.2, 0) is 5.41 Å². The van der Waals surface area contributed by atoms with Crippen molar-refractivity contribution in [1.82, 2.24) is 10.3 Å². The van der Waals surface area contributed by atoms with E-state index in [1.165, 1.54) is 26.0 Å². The Morgan fingerprint density at radius 3 is 2.70 bits per heavy atom. The van der Waals surface area contributed by atoms with Crippen molar-refractivity contribution in [3.63, 3.8) is 0 Å². The fourth-order valence-electron chi connectivity index (χ4n) is 3.24. The molecule has 1 aromatic heterocycles. The Hall–Kier alpha value is -1.46. The lowest BCUT2D eigenvalue weighted by Gasteiger charge is -2.35. The SMILES string of the molecule is COc1ccc(-c2csc(C(C)(C)C3CCNCC3)n2)c(F)c1. The molecule has 3 nitrogen and oxygen atoms in total. The summed E-state index contributed by atoms with van der Waals surface area (Å²) in [6.07, 6.45) is 2.33. The normalized spacial score (nSPS) is 16.5. The summed E-state index contributed by atoms with van der Waals surface area (Å²) in [6, 6.07) is 4.92. The predicted octanol–water partition coefficient (Wildman–Crippen LogP) is 4.24. The molecule has 0 radical (unpaired) electrons. The van der Waals surface area contributed by atoms with Crippen molar-refractivity contribution < 1.29 is 9.13 Å². The van der Waals surface area contributed by atoms with Gasteiger partial charge in [0.05, 0.1) is 17.8 Å². The van der Waals surface area contributed by atoms with Gasteiger partial charge >= 0.3 is 0 Å². The second-order valence-electron chi connectivity index (χ2n) is 6.63. The molecule has 0 unspecified atom stereocenters. The van der Waals surface area contributed by atoms with Gasteiger partial charge in [0, 0.05) is 22.4 Å². The molecule has 1 aliphatic heterocycles. The third kappa shape index (κ3) is 3.26. The average molecular weight is 334 g/mol. The molecule has 0 amide bonds. The van der Waals surface area contributed by atoms with E-state index in [1.54, 1.807) is 23.5 Å². The number of rotatable bonds is 4. The Morgan fingerprint density at radius 2 is 2.04 bits per heavy atom. The molecule has 1 N–H and O–H groups in total. The van der Waals surface area contributed by atoms with Gasteiger partial charge in [-0.25, -0.2) is 9.37 Å². The van der Waals surface area contributed by atoms with E-state index < -0.39 is 0 Å². The summed E-state index contributed by atoms with van der Waals surface area (Å²) < 4.78 is 19.3. The van der Waals surface area contributed by atoms with Crippen LogP contribution in [0, 0.1) is 11.7 Å². The first kappa shape index (κ1) is 16.4. The van der Waals surface area contributed by atoms with E-state index in [1.807, 2.05) is 5.38 Å². The van der Waals surface area contributed by atoms with Crippen LogP contribution in [0.2, 0.25) is 0 Å². The molecule has 2 heterocycles. The van der Waals surface area contributed by atoms with Crippen LogP contribution in [-0.4, -0.2) is 25.2 Å². The molecular formula is C18H23FN2OS. The van der Waals surface area contributed by atoms with E-state index in [0.717, 1.165) is 18.1 Å². The molecule has 124 valence electrons. The van der Waals surface area contributed by atoms with Crippen LogP contribution in [0.5, 0.6) is 5.75 Å². The molecule has 23 heavy (non-hydrogen) atoms. The minimum Gasteiger partial charge on any atom is -0.497 e. The number of halogens is 1. The second kappa shape index (κ2) is 6.57. The molecule has 0 saturated carbocycles.